The molecule has 72 valence electrons. The molecule has 1 aromatic rings. The average molecular weight is 197 g/mol. The maximum atomic E-state index is 11.3. The van der Waals surface area contributed by atoms with Crippen LogP contribution in [0.2, 0.25) is 0 Å². The standard InChI is InChI=1S/C10H15NOS/c1-5-9(6(2)12)10-7(3)13-8(4)11-10/h9H,5H2,1-4H3. The van der Waals surface area contributed by atoms with Crippen LogP contribution >= 0.6 is 11.3 Å². The molecule has 1 rings (SSSR count). The van der Waals surface area contributed by atoms with Crippen molar-refractivity contribution in [2.75, 3.05) is 0 Å². The van der Waals surface area contributed by atoms with Gasteiger partial charge >= 0.3 is 0 Å². The fourth-order valence-electron chi connectivity index (χ4n) is 1.54. The molecule has 0 aliphatic heterocycles. The summed E-state index contributed by atoms with van der Waals surface area (Å²) in [4.78, 5) is 16.9. The van der Waals surface area contributed by atoms with Gasteiger partial charge in [-0.1, -0.05) is 6.92 Å². The van der Waals surface area contributed by atoms with Crippen molar-refractivity contribution in [2.45, 2.75) is 40.0 Å². The van der Waals surface area contributed by atoms with Crippen molar-refractivity contribution in [1.29, 1.82) is 0 Å². The molecular weight excluding hydrogens is 182 g/mol. The summed E-state index contributed by atoms with van der Waals surface area (Å²) in [5.41, 5.74) is 0.984. The molecule has 0 radical (unpaired) electrons. The highest BCUT2D eigenvalue weighted by Crippen LogP contribution is 2.26. The van der Waals surface area contributed by atoms with E-state index >= 15 is 0 Å². The van der Waals surface area contributed by atoms with Crippen molar-refractivity contribution in [3.05, 3.63) is 15.6 Å². The van der Waals surface area contributed by atoms with E-state index in [-0.39, 0.29) is 11.7 Å². The fourth-order valence-corrected chi connectivity index (χ4v) is 2.42. The van der Waals surface area contributed by atoms with Crippen molar-refractivity contribution >= 4 is 17.1 Å². The molecule has 0 saturated heterocycles. The summed E-state index contributed by atoms with van der Waals surface area (Å²) in [6.07, 6.45) is 0.847. The molecule has 1 heterocycles. The number of hydrogen-bond donors (Lipinski definition) is 0. The van der Waals surface area contributed by atoms with Crippen LogP contribution in [0.25, 0.3) is 0 Å². The predicted octanol–water partition coefficient (Wildman–Crippen LogP) is 2.84. The summed E-state index contributed by atoms with van der Waals surface area (Å²) in [5.74, 6) is 0.223. The summed E-state index contributed by atoms with van der Waals surface area (Å²) in [5, 5.41) is 1.05. The summed E-state index contributed by atoms with van der Waals surface area (Å²) < 4.78 is 0. The first-order valence-electron chi connectivity index (χ1n) is 4.50. The fraction of sp³-hybridized carbons (Fsp3) is 0.600. The summed E-state index contributed by atoms with van der Waals surface area (Å²) in [6.45, 7) is 7.68. The van der Waals surface area contributed by atoms with Gasteiger partial charge in [-0.2, -0.15) is 0 Å². The Morgan fingerprint density at radius 1 is 1.54 bits per heavy atom. The first-order valence-corrected chi connectivity index (χ1v) is 5.32. The van der Waals surface area contributed by atoms with Crippen LogP contribution in [0.15, 0.2) is 0 Å². The van der Waals surface area contributed by atoms with Gasteiger partial charge in [0.2, 0.25) is 0 Å². The van der Waals surface area contributed by atoms with Gasteiger partial charge in [0.1, 0.15) is 5.78 Å². The molecule has 2 nitrogen and oxygen atoms in total. The van der Waals surface area contributed by atoms with Crippen molar-refractivity contribution in [2.24, 2.45) is 0 Å². The SMILES string of the molecule is CCC(C(C)=O)c1nc(C)sc1C. The molecular formula is C10H15NOS. The van der Waals surface area contributed by atoms with Gasteiger partial charge in [-0.25, -0.2) is 4.98 Å². The van der Waals surface area contributed by atoms with Gasteiger partial charge in [0.25, 0.3) is 0 Å². The normalized spacial score (nSPS) is 12.9. The zero-order chi connectivity index (χ0) is 10.0. The van der Waals surface area contributed by atoms with Crippen LogP contribution < -0.4 is 0 Å². The second-order valence-electron chi connectivity index (χ2n) is 3.25. The van der Waals surface area contributed by atoms with E-state index in [9.17, 15) is 4.79 Å². The van der Waals surface area contributed by atoms with Gasteiger partial charge in [-0.05, 0) is 27.2 Å². The Balaban J connectivity index is 3.04. The van der Waals surface area contributed by atoms with E-state index in [0.717, 1.165) is 17.1 Å². The lowest BCUT2D eigenvalue weighted by molar-refractivity contribution is -0.118. The Kier molecular flexibility index (Phi) is 3.20. The second-order valence-corrected chi connectivity index (χ2v) is 4.65. The summed E-state index contributed by atoms with van der Waals surface area (Å²) in [7, 11) is 0. The van der Waals surface area contributed by atoms with Gasteiger partial charge in [0.15, 0.2) is 0 Å². The van der Waals surface area contributed by atoms with Crippen LogP contribution in [-0.4, -0.2) is 10.8 Å². The zero-order valence-corrected chi connectivity index (χ0v) is 9.36. The quantitative estimate of drug-likeness (QED) is 0.745. The molecule has 1 unspecified atom stereocenters. The number of rotatable bonds is 3. The number of nitrogens with zero attached hydrogens (tertiary/aromatic N) is 1. The van der Waals surface area contributed by atoms with E-state index in [1.807, 2.05) is 20.8 Å². The molecule has 13 heavy (non-hydrogen) atoms. The van der Waals surface area contributed by atoms with E-state index in [1.165, 1.54) is 4.88 Å². The minimum atomic E-state index is 0.00458. The molecule has 1 atom stereocenters. The molecule has 0 aliphatic carbocycles. The first kappa shape index (κ1) is 10.4. The predicted molar refractivity (Wildman–Crippen MR) is 55.3 cm³/mol. The van der Waals surface area contributed by atoms with Crippen molar-refractivity contribution in [3.63, 3.8) is 0 Å². The average Bonchev–Trinajstić information content (AvgIpc) is 2.31. The lowest BCUT2D eigenvalue weighted by Gasteiger charge is -2.08. The van der Waals surface area contributed by atoms with Crippen LogP contribution in [0.1, 0.15) is 41.8 Å². The molecule has 0 saturated carbocycles. The molecule has 0 fully saturated rings. The minimum Gasteiger partial charge on any atom is -0.299 e. The van der Waals surface area contributed by atoms with Gasteiger partial charge in [0.05, 0.1) is 16.6 Å². The molecule has 0 bridgehead atoms. The van der Waals surface area contributed by atoms with Gasteiger partial charge in [-0.3, -0.25) is 4.79 Å². The number of aromatic nitrogens is 1. The lowest BCUT2D eigenvalue weighted by atomic mass is 9.98. The smallest absolute Gasteiger partial charge is 0.138 e. The van der Waals surface area contributed by atoms with Gasteiger partial charge in [0, 0.05) is 4.88 Å². The molecule has 0 aliphatic rings. The van der Waals surface area contributed by atoms with Crippen LogP contribution in [0.5, 0.6) is 0 Å². The monoisotopic (exact) mass is 197 g/mol. The Hall–Kier alpha value is -0.700. The lowest BCUT2D eigenvalue weighted by Crippen LogP contribution is -2.09. The Morgan fingerprint density at radius 3 is 2.46 bits per heavy atom. The molecule has 0 amide bonds. The number of hydrogen-bond acceptors (Lipinski definition) is 3. The number of aryl methyl sites for hydroxylation is 2. The minimum absolute atomic E-state index is 0.00458. The number of thiazole rings is 1. The zero-order valence-electron chi connectivity index (χ0n) is 8.55. The maximum Gasteiger partial charge on any atom is 0.138 e. The number of Topliss-reactive ketones (excluding diaryl/α,β-unsaturated/α-hetero) is 1. The Morgan fingerprint density at radius 2 is 2.15 bits per heavy atom. The van der Waals surface area contributed by atoms with Gasteiger partial charge in [-0.15, -0.1) is 11.3 Å². The number of carbonyl (C=O) groups excluding carboxylic acids is 1. The summed E-state index contributed by atoms with van der Waals surface area (Å²) >= 11 is 1.67. The Bertz CT molecular complexity index is 317. The highest BCUT2D eigenvalue weighted by atomic mass is 32.1. The first-order chi connectivity index (χ1) is 6.06. The van der Waals surface area contributed by atoms with Crippen LogP contribution in [-0.2, 0) is 4.79 Å². The molecule has 1 aromatic heterocycles. The van der Waals surface area contributed by atoms with E-state index in [1.54, 1.807) is 18.3 Å². The summed E-state index contributed by atoms with van der Waals surface area (Å²) in [6, 6.07) is 0. The van der Waals surface area contributed by atoms with Crippen molar-refractivity contribution in [3.8, 4) is 0 Å². The van der Waals surface area contributed by atoms with E-state index in [0.29, 0.717) is 0 Å². The van der Waals surface area contributed by atoms with E-state index in [2.05, 4.69) is 4.98 Å². The molecule has 3 heteroatoms. The Labute approximate surface area is 83.0 Å². The van der Waals surface area contributed by atoms with Crippen LogP contribution in [0, 0.1) is 13.8 Å². The highest BCUT2D eigenvalue weighted by Gasteiger charge is 2.19. The van der Waals surface area contributed by atoms with Gasteiger partial charge < -0.3 is 0 Å². The largest absolute Gasteiger partial charge is 0.299 e. The van der Waals surface area contributed by atoms with Crippen LogP contribution in [0.3, 0.4) is 0 Å². The second kappa shape index (κ2) is 4.01. The van der Waals surface area contributed by atoms with E-state index < -0.39 is 0 Å². The van der Waals surface area contributed by atoms with Crippen molar-refractivity contribution in [1.82, 2.24) is 4.98 Å². The van der Waals surface area contributed by atoms with E-state index in [4.69, 9.17) is 0 Å². The van der Waals surface area contributed by atoms with Crippen LogP contribution in [0.4, 0.5) is 0 Å². The molecule has 0 spiro atoms. The van der Waals surface area contributed by atoms with Crippen molar-refractivity contribution < 1.29 is 4.79 Å². The molecule has 0 aromatic carbocycles. The third-order valence-corrected chi connectivity index (χ3v) is 3.07. The number of carbonyl (C=O) groups is 1. The number of ketones is 1. The third-order valence-electron chi connectivity index (χ3n) is 2.17. The maximum absolute atomic E-state index is 11.3. The highest BCUT2D eigenvalue weighted by molar-refractivity contribution is 7.11. The molecule has 0 N–H and O–H groups in total. The topological polar surface area (TPSA) is 30.0 Å². The third kappa shape index (κ3) is 2.15.